The maximum atomic E-state index is 12.4. The van der Waals surface area contributed by atoms with E-state index in [9.17, 15) is 14.4 Å². The third kappa shape index (κ3) is 5.77. The topological polar surface area (TPSA) is 79.0 Å². The molecule has 3 amide bonds. The average Bonchev–Trinajstić information content (AvgIpc) is 2.58. The molecular weight excluding hydrogens is 322 g/mol. The Bertz CT molecular complexity index is 617. The van der Waals surface area contributed by atoms with Gasteiger partial charge in [0.25, 0.3) is 5.91 Å². The maximum absolute atomic E-state index is 12.4. The Balaban J connectivity index is 1.77. The van der Waals surface area contributed by atoms with Crippen LogP contribution >= 0.6 is 0 Å². The van der Waals surface area contributed by atoms with Crippen molar-refractivity contribution in [2.24, 2.45) is 0 Å². The number of carbonyl (C=O) groups is 3. The van der Waals surface area contributed by atoms with Crippen molar-refractivity contribution in [2.75, 3.05) is 32.7 Å². The number of alkyl carbamates (subject to hydrolysis) is 1. The van der Waals surface area contributed by atoms with Crippen LogP contribution in [0.25, 0.3) is 0 Å². The first-order valence-electron chi connectivity index (χ1n) is 8.35. The normalized spacial score (nSPS) is 14.8. The largest absolute Gasteiger partial charge is 0.444 e. The van der Waals surface area contributed by atoms with Crippen molar-refractivity contribution in [3.8, 4) is 0 Å². The van der Waals surface area contributed by atoms with E-state index in [4.69, 9.17) is 4.74 Å². The molecule has 0 aliphatic carbocycles. The molecule has 1 saturated heterocycles. The van der Waals surface area contributed by atoms with Crippen LogP contribution in [-0.2, 0) is 9.53 Å². The van der Waals surface area contributed by atoms with Crippen LogP contribution in [-0.4, -0.2) is 66.0 Å². The highest BCUT2D eigenvalue weighted by Crippen LogP contribution is 2.09. The van der Waals surface area contributed by atoms with Crippen LogP contribution in [0.1, 0.15) is 31.1 Å². The van der Waals surface area contributed by atoms with E-state index in [1.54, 1.807) is 42.7 Å². The van der Waals surface area contributed by atoms with Crippen LogP contribution in [0, 0.1) is 0 Å². The summed E-state index contributed by atoms with van der Waals surface area (Å²) in [6.07, 6.45) is -0.612. The molecule has 0 bridgehead atoms. The lowest BCUT2D eigenvalue weighted by Gasteiger charge is -2.35. The molecule has 0 radical (unpaired) electrons. The van der Waals surface area contributed by atoms with Gasteiger partial charge in [-0.15, -0.1) is 0 Å². The minimum atomic E-state index is -0.612. The summed E-state index contributed by atoms with van der Waals surface area (Å²) in [5.74, 6) is -0.211. The zero-order valence-electron chi connectivity index (χ0n) is 14.9. The number of piperazine rings is 1. The van der Waals surface area contributed by atoms with Crippen molar-refractivity contribution < 1.29 is 19.1 Å². The molecule has 1 aliphatic rings. The van der Waals surface area contributed by atoms with Gasteiger partial charge in [-0.05, 0) is 32.9 Å². The Labute approximate surface area is 147 Å². The molecule has 0 unspecified atom stereocenters. The number of hydrogen-bond acceptors (Lipinski definition) is 4. The number of amides is 3. The van der Waals surface area contributed by atoms with Gasteiger partial charge in [0.2, 0.25) is 5.91 Å². The number of carbonyl (C=O) groups excluding carboxylic acids is 3. The van der Waals surface area contributed by atoms with Gasteiger partial charge in [-0.2, -0.15) is 0 Å². The van der Waals surface area contributed by atoms with E-state index in [1.807, 2.05) is 18.2 Å². The SMILES string of the molecule is CC(C)(C)OC(=O)NCC(=O)N1CCN(C(=O)c2ccccc2)CC1. The van der Waals surface area contributed by atoms with Crippen molar-refractivity contribution in [3.63, 3.8) is 0 Å². The molecule has 0 saturated carbocycles. The highest BCUT2D eigenvalue weighted by Gasteiger charge is 2.25. The minimum absolute atomic E-state index is 0.0282. The van der Waals surface area contributed by atoms with Crippen LogP contribution in [0.15, 0.2) is 30.3 Å². The van der Waals surface area contributed by atoms with Crippen molar-refractivity contribution in [1.82, 2.24) is 15.1 Å². The van der Waals surface area contributed by atoms with Crippen LogP contribution in [0.3, 0.4) is 0 Å². The fraction of sp³-hybridized carbons (Fsp3) is 0.500. The van der Waals surface area contributed by atoms with Crippen LogP contribution in [0.2, 0.25) is 0 Å². The molecule has 1 heterocycles. The molecule has 1 aromatic carbocycles. The van der Waals surface area contributed by atoms with Crippen molar-refractivity contribution in [1.29, 1.82) is 0 Å². The summed E-state index contributed by atoms with van der Waals surface area (Å²) in [6, 6.07) is 9.09. The Morgan fingerprint density at radius 2 is 1.56 bits per heavy atom. The first-order valence-corrected chi connectivity index (χ1v) is 8.35. The Hall–Kier alpha value is -2.57. The molecule has 1 fully saturated rings. The van der Waals surface area contributed by atoms with Crippen molar-refractivity contribution in [3.05, 3.63) is 35.9 Å². The zero-order valence-corrected chi connectivity index (χ0v) is 14.9. The molecule has 7 heteroatoms. The number of rotatable bonds is 3. The van der Waals surface area contributed by atoms with Crippen molar-refractivity contribution in [2.45, 2.75) is 26.4 Å². The Morgan fingerprint density at radius 1 is 1.00 bits per heavy atom. The second kappa shape index (κ2) is 8.00. The van der Waals surface area contributed by atoms with E-state index >= 15 is 0 Å². The highest BCUT2D eigenvalue weighted by molar-refractivity contribution is 5.94. The summed E-state index contributed by atoms with van der Waals surface area (Å²) in [5, 5.41) is 2.46. The molecule has 2 rings (SSSR count). The van der Waals surface area contributed by atoms with Crippen molar-refractivity contribution >= 4 is 17.9 Å². The van der Waals surface area contributed by atoms with E-state index in [1.165, 1.54) is 0 Å². The van der Waals surface area contributed by atoms with Gasteiger partial charge < -0.3 is 19.9 Å². The van der Waals surface area contributed by atoms with Gasteiger partial charge in [-0.1, -0.05) is 18.2 Å². The quantitative estimate of drug-likeness (QED) is 0.899. The number of benzene rings is 1. The van der Waals surface area contributed by atoms with E-state index in [2.05, 4.69) is 5.32 Å². The molecule has 1 N–H and O–H groups in total. The second-order valence-corrected chi connectivity index (χ2v) is 6.89. The lowest BCUT2D eigenvalue weighted by Crippen LogP contribution is -2.52. The fourth-order valence-corrected chi connectivity index (χ4v) is 2.50. The summed E-state index contributed by atoms with van der Waals surface area (Å²) in [5.41, 5.74) is 0.0465. The summed E-state index contributed by atoms with van der Waals surface area (Å²) >= 11 is 0. The molecule has 1 aliphatic heterocycles. The average molecular weight is 347 g/mol. The molecule has 0 spiro atoms. The predicted molar refractivity (Wildman–Crippen MR) is 93.2 cm³/mol. The monoisotopic (exact) mass is 347 g/mol. The number of hydrogen-bond donors (Lipinski definition) is 1. The summed E-state index contributed by atoms with van der Waals surface area (Å²) < 4.78 is 5.10. The zero-order chi connectivity index (χ0) is 18.4. The third-order valence-corrected chi connectivity index (χ3v) is 3.72. The molecule has 25 heavy (non-hydrogen) atoms. The van der Waals surface area contributed by atoms with Gasteiger partial charge in [0.1, 0.15) is 12.1 Å². The minimum Gasteiger partial charge on any atom is -0.444 e. The van der Waals surface area contributed by atoms with Gasteiger partial charge in [-0.25, -0.2) is 4.79 Å². The van der Waals surface area contributed by atoms with E-state index in [0.717, 1.165) is 0 Å². The molecule has 1 aromatic rings. The van der Waals surface area contributed by atoms with Crippen LogP contribution in [0.4, 0.5) is 4.79 Å². The number of ether oxygens (including phenoxy) is 1. The Morgan fingerprint density at radius 3 is 2.12 bits per heavy atom. The first kappa shape index (κ1) is 18.8. The molecule has 136 valence electrons. The van der Waals surface area contributed by atoms with E-state index in [0.29, 0.717) is 31.7 Å². The van der Waals surface area contributed by atoms with E-state index in [-0.39, 0.29) is 18.4 Å². The molecule has 0 aromatic heterocycles. The third-order valence-electron chi connectivity index (χ3n) is 3.72. The predicted octanol–water partition coefficient (Wildman–Crippen LogP) is 1.50. The molecule has 0 atom stereocenters. The van der Waals surface area contributed by atoms with Crippen LogP contribution < -0.4 is 5.32 Å². The second-order valence-electron chi connectivity index (χ2n) is 6.89. The lowest BCUT2D eigenvalue weighted by molar-refractivity contribution is -0.131. The molecule has 7 nitrogen and oxygen atoms in total. The lowest BCUT2D eigenvalue weighted by atomic mass is 10.2. The first-order chi connectivity index (χ1) is 11.8. The van der Waals surface area contributed by atoms with Gasteiger partial charge in [0, 0.05) is 31.7 Å². The van der Waals surface area contributed by atoms with Gasteiger partial charge in [0.05, 0.1) is 0 Å². The Kier molecular flexibility index (Phi) is 6.01. The highest BCUT2D eigenvalue weighted by atomic mass is 16.6. The number of nitrogens with one attached hydrogen (secondary N) is 1. The number of nitrogens with zero attached hydrogens (tertiary/aromatic N) is 2. The van der Waals surface area contributed by atoms with E-state index < -0.39 is 11.7 Å². The summed E-state index contributed by atoms with van der Waals surface area (Å²) in [6.45, 7) is 7.03. The smallest absolute Gasteiger partial charge is 0.408 e. The van der Waals surface area contributed by atoms with Gasteiger partial charge in [0.15, 0.2) is 0 Å². The summed E-state index contributed by atoms with van der Waals surface area (Å²) in [7, 11) is 0. The maximum Gasteiger partial charge on any atom is 0.408 e. The van der Waals surface area contributed by atoms with Gasteiger partial charge >= 0.3 is 6.09 Å². The standard InChI is InChI=1S/C18H25N3O4/c1-18(2,3)25-17(24)19-13-15(22)20-9-11-21(12-10-20)16(23)14-7-5-4-6-8-14/h4-8H,9-13H2,1-3H3,(H,19,24). The molecular formula is C18H25N3O4. The fourth-order valence-electron chi connectivity index (χ4n) is 2.50. The summed E-state index contributed by atoms with van der Waals surface area (Å²) in [4.78, 5) is 39.5. The van der Waals surface area contributed by atoms with Crippen LogP contribution in [0.5, 0.6) is 0 Å². The van der Waals surface area contributed by atoms with Gasteiger partial charge in [-0.3, -0.25) is 9.59 Å².